The van der Waals surface area contributed by atoms with Crippen molar-refractivity contribution in [2.24, 2.45) is 0 Å². The minimum absolute atomic E-state index is 0.270. The van der Waals surface area contributed by atoms with Crippen LogP contribution in [-0.4, -0.2) is 55.7 Å². The van der Waals surface area contributed by atoms with Crippen LogP contribution in [0.15, 0.2) is 24.3 Å². The number of hydrogen-bond donors (Lipinski definition) is 2. The molecule has 0 bridgehead atoms. The van der Waals surface area contributed by atoms with Crippen LogP contribution in [0.4, 0.5) is 11.5 Å². The summed E-state index contributed by atoms with van der Waals surface area (Å²) in [6.07, 6.45) is 2.50. The molecule has 1 atom stereocenters. The third-order valence-electron chi connectivity index (χ3n) is 5.11. The molecule has 1 aromatic heterocycles. The zero-order valence-corrected chi connectivity index (χ0v) is 16.5. The Bertz CT molecular complexity index is 817. The van der Waals surface area contributed by atoms with Crippen molar-refractivity contribution in [3.63, 3.8) is 0 Å². The summed E-state index contributed by atoms with van der Waals surface area (Å²) in [6, 6.07) is 8.35. The van der Waals surface area contributed by atoms with Gasteiger partial charge in [0.25, 0.3) is 0 Å². The zero-order chi connectivity index (χ0) is 18.6. The number of pyridine rings is 1. The quantitative estimate of drug-likeness (QED) is 0.784. The SMILES string of the molecule is Cc1cc(N2CCOCC2)nc2ccc(NC(=S)NC[C@H]3CCCO3)cc12. The first-order chi connectivity index (χ1) is 13.2. The maximum atomic E-state index is 5.62. The number of morpholine rings is 1. The molecule has 27 heavy (non-hydrogen) atoms. The zero-order valence-electron chi connectivity index (χ0n) is 15.7. The molecular formula is C20H26N4O2S. The molecule has 2 aliphatic rings. The van der Waals surface area contributed by atoms with Crippen molar-refractivity contribution in [3.05, 3.63) is 29.8 Å². The fourth-order valence-electron chi connectivity index (χ4n) is 3.60. The molecule has 0 spiro atoms. The summed E-state index contributed by atoms with van der Waals surface area (Å²) in [6.45, 7) is 7.05. The van der Waals surface area contributed by atoms with E-state index in [1.807, 2.05) is 6.07 Å². The fraction of sp³-hybridized carbons (Fsp3) is 0.500. The number of ether oxygens (including phenoxy) is 2. The molecule has 0 aliphatic carbocycles. The lowest BCUT2D eigenvalue weighted by atomic mass is 10.1. The maximum absolute atomic E-state index is 5.62. The number of rotatable bonds is 4. The van der Waals surface area contributed by atoms with Crippen LogP contribution in [0.1, 0.15) is 18.4 Å². The van der Waals surface area contributed by atoms with Gasteiger partial charge in [-0.25, -0.2) is 4.98 Å². The van der Waals surface area contributed by atoms with E-state index in [1.165, 1.54) is 5.56 Å². The summed E-state index contributed by atoms with van der Waals surface area (Å²) in [4.78, 5) is 7.13. The van der Waals surface area contributed by atoms with Crippen molar-refractivity contribution in [2.45, 2.75) is 25.9 Å². The number of nitrogens with zero attached hydrogens (tertiary/aromatic N) is 2. The first kappa shape index (κ1) is 18.4. The number of nitrogens with one attached hydrogen (secondary N) is 2. The molecule has 3 heterocycles. The fourth-order valence-corrected chi connectivity index (χ4v) is 3.80. The Morgan fingerprint density at radius 1 is 1.26 bits per heavy atom. The lowest BCUT2D eigenvalue weighted by Gasteiger charge is -2.28. The standard InChI is InChI=1S/C20H26N4O2S/c1-14-11-19(24-6-9-25-10-7-24)23-18-5-4-15(12-17(14)18)22-20(27)21-13-16-3-2-8-26-16/h4-5,11-12,16H,2-3,6-10,13H2,1H3,(H2,21,22,27)/t16-/m1/s1. The molecule has 0 radical (unpaired) electrons. The molecule has 144 valence electrons. The molecule has 2 N–H and O–H groups in total. The normalized spacial score (nSPS) is 20.0. The lowest BCUT2D eigenvalue weighted by Crippen LogP contribution is -2.36. The van der Waals surface area contributed by atoms with Crippen LogP contribution < -0.4 is 15.5 Å². The Morgan fingerprint density at radius 2 is 2.11 bits per heavy atom. The highest BCUT2D eigenvalue weighted by molar-refractivity contribution is 7.80. The monoisotopic (exact) mass is 386 g/mol. The molecule has 2 fully saturated rings. The van der Waals surface area contributed by atoms with E-state index < -0.39 is 0 Å². The van der Waals surface area contributed by atoms with E-state index in [0.717, 1.165) is 74.7 Å². The van der Waals surface area contributed by atoms with Gasteiger partial charge in [-0.2, -0.15) is 0 Å². The molecule has 6 nitrogen and oxygen atoms in total. The van der Waals surface area contributed by atoms with Gasteiger partial charge in [-0.1, -0.05) is 0 Å². The highest BCUT2D eigenvalue weighted by Gasteiger charge is 2.16. The van der Waals surface area contributed by atoms with E-state index in [-0.39, 0.29) is 6.10 Å². The van der Waals surface area contributed by atoms with Crippen molar-refractivity contribution >= 4 is 39.7 Å². The van der Waals surface area contributed by atoms with E-state index in [1.54, 1.807) is 0 Å². The number of benzene rings is 1. The minimum Gasteiger partial charge on any atom is -0.378 e. The highest BCUT2D eigenvalue weighted by atomic mass is 32.1. The highest BCUT2D eigenvalue weighted by Crippen LogP contribution is 2.25. The predicted molar refractivity (Wildman–Crippen MR) is 113 cm³/mol. The molecule has 4 rings (SSSR count). The van der Waals surface area contributed by atoms with E-state index >= 15 is 0 Å². The number of anilines is 2. The summed E-state index contributed by atoms with van der Waals surface area (Å²) in [5, 5.41) is 8.29. The Labute approximate surface area is 165 Å². The van der Waals surface area contributed by atoms with E-state index in [2.05, 4.69) is 40.7 Å². The van der Waals surface area contributed by atoms with Crippen molar-refractivity contribution in [3.8, 4) is 0 Å². The Morgan fingerprint density at radius 3 is 2.89 bits per heavy atom. The van der Waals surface area contributed by atoms with E-state index in [4.69, 9.17) is 26.7 Å². The molecule has 7 heteroatoms. The first-order valence-corrected chi connectivity index (χ1v) is 10.0. The molecule has 0 saturated carbocycles. The van der Waals surface area contributed by atoms with Crippen LogP contribution in [0.2, 0.25) is 0 Å². The smallest absolute Gasteiger partial charge is 0.170 e. The van der Waals surface area contributed by atoms with Crippen LogP contribution in [0.3, 0.4) is 0 Å². The van der Waals surface area contributed by atoms with Crippen LogP contribution in [-0.2, 0) is 9.47 Å². The van der Waals surface area contributed by atoms with Gasteiger partial charge in [-0.15, -0.1) is 0 Å². The van der Waals surface area contributed by atoms with Gasteiger partial charge >= 0.3 is 0 Å². The number of hydrogen-bond acceptors (Lipinski definition) is 5. The molecule has 2 saturated heterocycles. The summed E-state index contributed by atoms with van der Waals surface area (Å²) in [5.41, 5.74) is 3.18. The average molecular weight is 387 g/mol. The van der Waals surface area contributed by atoms with Gasteiger partial charge in [0.2, 0.25) is 0 Å². The second-order valence-electron chi connectivity index (χ2n) is 7.10. The third-order valence-corrected chi connectivity index (χ3v) is 5.36. The second kappa shape index (κ2) is 8.37. The first-order valence-electron chi connectivity index (χ1n) is 9.59. The molecular weight excluding hydrogens is 360 g/mol. The maximum Gasteiger partial charge on any atom is 0.170 e. The predicted octanol–water partition coefficient (Wildman–Crippen LogP) is 2.85. The summed E-state index contributed by atoms with van der Waals surface area (Å²) < 4.78 is 11.1. The lowest BCUT2D eigenvalue weighted by molar-refractivity contribution is 0.114. The van der Waals surface area contributed by atoms with Gasteiger partial charge in [-0.05, 0) is 61.8 Å². The topological polar surface area (TPSA) is 58.7 Å². The van der Waals surface area contributed by atoms with Gasteiger partial charge < -0.3 is 25.0 Å². The van der Waals surface area contributed by atoms with E-state index in [0.29, 0.717) is 5.11 Å². The molecule has 0 amide bonds. The largest absolute Gasteiger partial charge is 0.378 e. The minimum atomic E-state index is 0.270. The van der Waals surface area contributed by atoms with Gasteiger partial charge in [0.15, 0.2) is 5.11 Å². The van der Waals surface area contributed by atoms with Crippen molar-refractivity contribution in [1.29, 1.82) is 0 Å². The van der Waals surface area contributed by atoms with Crippen molar-refractivity contribution < 1.29 is 9.47 Å². The Hall–Kier alpha value is -1.96. The number of aromatic nitrogens is 1. The molecule has 2 aliphatic heterocycles. The van der Waals surface area contributed by atoms with Crippen molar-refractivity contribution in [1.82, 2.24) is 10.3 Å². The number of thiocarbonyl (C=S) groups is 1. The molecule has 1 aromatic carbocycles. The van der Waals surface area contributed by atoms with Gasteiger partial charge in [0.1, 0.15) is 5.82 Å². The molecule has 0 unspecified atom stereocenters. The molecule has 2 aromatic rings. The average Bonchev–Trinajstić information content (AvgIpc) is 3.21. The number of aryl methyl sites for hydroxylation is 1. The van der Waals surface area contributed by atoms with Crippen LogP contribution in [0.5, 0.6) is 0 Å². The summed E-state index contributed by atoms with van der Waals surface area (Å²) in [5.74, 6) is 1.03. The second-order valence-corrected chi connectivity index (χ2v) is 7.51. The Balaban J connectivity index is 1.45. The van der Waals surface area contributed by atoms with Gasteiger partial charge in [-0.3, -0.25) is 0 Å². The van der Waals surface area contributed by atoms with Crippen LogP contribution in [0, 0.1) is 6.92 Å². The number of fused-ring (bicyclic) bond motifs is 1. The van der Waals surface area contributed by atoms with Gasteiger partial charge in [0.05, 0.1) is 24.8 Å². The third kappa shape index (κ3) is 4.48. The van der Waals surface area contributed by atoms with Crippen molar-refractivity contribution in [2.75, 3.05) is 49.7 Å². The summed E-state index contributed by atoms with van der Waals surface area (Å²) >= 11 is 5.42. The Kier molecular flexibility index (Phi) is 5.71. The van der Waals surface area contributed by atoms with Crippen LogP contribution in [0.25, 0.3) is 10.9 Å². The van der Waals surface area contributed by atoms with Gasteiger partial charge in [0, 0.05) is 37.3 Å². The summed E-state index contributed by atoms with van der Waals surface area (Å²) in [7, 11) is 0. The van der Waals surface area contributed by atoms with Crippen LogP contribution >= 0.6 is 12.2 Å². The van der Waals surface area contributed by atoms with E-state index in [9.17, 15) is 0 Å².